The highest BCUT2D eigenvalue weighted by Gasteiger charge is 2.24. The zero-order valence-electron chi connectivity index (χ0n) is 16.2. The molecule has 0 bridgehead atoms. The van der Waals surface area contributed by atoms with Crippen molar-refractivity contribution in [3.05, 3.63) is 41.5 Å². The second-order valence-electron chi connectivity index (χ2n) is 6.98. The Morgan fingerprint density at radius 2 is 1.90 bits per heavy atom. The summed E-state index contributed by atoms with van der Waals surface area (Å²) in [6, 6.07) is 8.29. The van der Waals surface area contributed by atoms with Gasteiger partial charge in [0.05, 0.1) is 16.3 Å². The summed E-state index contributed by atoms with van der Waals surface area (Å²) >= 11 is 0. The van der Waals surface area contributed by atoms with Crippen LogP contribution in [0.5, 0.6) is 17.2 Å². The first kappa shape index (κ1) is 20.0. The van der Waals surface area contributed by atoms with Gasteiger partial charge in [0.25, 0.3) is 5.91 Å². The van der Waals surface area contributed by atoms with Crippen LogP contribution in [0.4, 0.5) is 5.69 Å². The number of hydrogen-bond acceptors (Lipinski definition) is 7. The first-order valence-corrected chi connectivity index (χ1v) is 10.9. The zero-order chi connectivity index (χ0) is 21.3. The van der Waals surface area contributed by atoms with Gasteiger partial charge in [0, 0.05) is 19.0 Å². The molecule has 10 heteroatoms. The minimum absolute atomic E-state index is 0.0842. The molecule has 2 N–H and O–H groups in total. The summed E-state index contributed by atoms with van der Waals surface area (Å²) in [7, 11) is -3.71. The first-order valence-electron chi connectivity index (χ1n) is 9.27. The molecule has 4 rings (SSSR count). The van der Waals surface area contributed by atoms with Gasteiger partial charge in [0.15, 0.2) is 27.9 Å². The average Bonchev–Trinajstić information content (AvgIpc) is 3.18. The van der Waals surface area contributed by atoms with E-state index in [0.29, 0.717) is 28.5 Å². The number of hydrogen-bond donors (Lipinski definition) is 2. The molecular weight excluding hydrogens is 412 g/mol. The van der Waals surface area contributed by atoms with Crippen molar-refractivity contribution in [1.29, 1.82) is 0 Å². The van der Waals surface area contributed by atoms with Gasteiger partial charge in [-0.1, -0.05) is 6.07 Å². The van der Waals surface area contributed by atoms with Crippen LogP contribution >= 0.6 is 0 Å². The lowest BCUT2D eigenvalue weighted by Gasteiger charge is -2.20. The number of nitrogens with one attached hydrogen (secondary N) is 2. The summed E-state index contributed by atoms with van der Waals surface area (Å²) in [6.07, 6.45) is -0.180. The highest BCUT2D eigenvalue weighted by atomic mass is 32.2. The molecule has 0 fully saturated rings. The van der Waals surface area contributed by atoms with E-state index in [9.17, 15) is 18.0 Å². The van der Waals surface area contributed by atoms with Gasteiger partial charge in [-0.2, -0.15) is 0 Å². The molecule has 0 spiro atoms. The predicted octanol–water partition coefficient (Wildman–Crippen LogP) is 1.53. The second kappa shape index (κ2) is 7.86. The molecule has 0 atom stereocenters. The standard InChI is InChI=1S/C20H20N2O7S/c1-12-6-14-16(27-10-20(24)22-14)8-18(12)30(25,26)5-4-19(23)21-9-13-2-3-15-17(7-13)29-11-28-15/h2-3,6-8H,4-5,9-11H2,1H3,(H,21,23)(H,22,24). The van der Waals surface area contributed by atoms with Crippen molar-refractivity contribution in [2.45, 2.75) is 24.8 Å². The van der Waals surface area contributed by atoms with Crippen molar-refractivity contribution in [3.8, 4) is 17.2 Å². The SMILES string of the molecule is Cc1cc2c(cc1S(=O)(=O)CCC(=O)NCc1ccc3c(c1)OCO3)OCC(=O)N2. The summed E-state index contributed by atoms with van der Waals surface area (Å²) in [5, 5.41) is 5.35. The zero-order valence-corrected chi connectivity index (χ0v) is 17.0. The van der Waals surface area contributed by atoms with Crippen molar-refractivity contribution in [1.82, 2.24) is 5.32 Å². The second-order valence-corrected chi connectivity index (χ2v) is 9.06. The van der Waals surface area contributed by atoms with E-state index in [1.165, 1.54) is 6.07 Å². The van der Waals surface area contributed by atoms with Crippen LogP contribution in [-0.4, -0.2) is 39.4 Å². The van der Waals surface area contributed by atoms with E-state index >= 15 is 0 Å². The van der Waals surface area contributed by atoms with Crippen LogP contribution in [0.3, 0.4) is 0 Å². The van der Waals surface area contributed by atoms with Gasteiger partial charge in [0.2, 0.25) is 12.7 Å². The lowest BCUT2D eigenvalue weighted by molar-refractivity contribution is -0.121. The number of carbonyl (C=O) groups is 2. The number of carbonyl (C=O) groups excluding carboxylic acids is 2. The number of rotatable bonds is 6. The molecule has 30 heavy (non-hydrogen) atoms. The van der Waals surface area contributed by atoms with Gasteiger partial charge in [-0.15, -0.1) is 0 Å². The van der Waals surface area contributed by atoms with Gasteiger partial charge >= 0.3 is 0 Å². The number of ether oxygens (including phenoxy) is 3. The molecule has 0 saturated heterocycles. The number of fused-ring (bicyclic) bond motifs is 2. The van der Waals surface area contributed by atoms with E-state index in [2.05, 4.69) is 10.6 Å². The van der Waals surface area contributed by atoms with E-state index in [-0.39, 0.29) is 48.8 Å². The third kappa shape index (κ3) is 4.18. The van der Waals surface area contributed by atoms with Crippen LogP contribution < -0.4 is 24.8 Å². The highest BCUT2D eigenvalue weighted by Crippen LogP contribution is 2.34. The van der Waals surface area contributed by atoms with Gasteiger partial charge in [0.1, 0.15) is 5.75 Å². The van der Waals surface area contributed by atoms with Crippen molar-refractivity contribution in [2.75, 3.05) is 24.5 Å². The van der Waals surface area contributed by atoms with Crippen LogP contribution in [0.2, 0.25) is 0 Å². The fourth-order valence-corrected chi connectivity index (χ4v) is 4.74. The summed E-state index contributed by atoms with van der Waals surface area (Å²) in [5.74, 6) is 0.551. The number of anilines is 1. The van der Waals surface area contributed by atoms with Gasteiger partial charge in [-0.3, -0.25) is 9.59 Å². The molecule has 0 aromatic heterocycles. The van der Waals surface area contributed by atoms with Crippen LogP contribution in [0.1, 0.15) is 17.5 Å². The maximum atomic E-state index is 12.8. The Labute approximate surface area is 173 Å². The fourth-order valence-electron chi connectivity index (χ4n) is 3.23. The third-order valence-electron chi connectivity index (χ3n) is 4.77. The molecular formula is C20H20N2O7S. The summed E-state index contributed by atoms with van der Waals surface area (Å²) in [4.78, 5) is 23.7. The number of amides is 2. The molecule has 0 unspecified atom stereocenters. The maximum Gasteiger partial charge on any atom is 0.262 e. The Morgan fingerprint density at radius 1 is 1.10 bits per heavy atom. The Hall–Kier alpha value is -3.27. The molecule has 2 aromatic carbocycles. The molecule has 2 aliphatic rings. The first-order chi connectivity index (χ1) is 14.3. The summed E-state index contributed by atoms with van der Waals surface area (Å²) in [5.41, 5.74) is 1.73. The van der Waals surface area contributed by atoms with Gasteiger partial charge < -0.3 is 24.8 Å². The molecule has 158 valence electrons. The van der Waals surface area contributed by atoms with Crippen molar-refractivity contribution < 1.29 is 32.2 Å². The van der Waals surface area contributed by atoms with E-state index in [0.717, 1.165) is 5.56 Å². The monoisotopic (exact) mass is 432 g/mol. The minimum Gasteiger partial charge on any atom is -0.482 e. The Morgan fingerprint density at radius 3 is 2.73 bits per heavy atom. The Bertz CT molecular complexity index is 1130. The summed E-state index contributed by atoms with van der Waals surface area (Å²) < 4.78 is 41.3. The fraction of sp³-hybridized carbons (Fsp3) is 0.300. The van der Waals surface area contributed by atoms with Crippen molar-refractivity contribution in [3.63, 3.8) is 0 Å². The molecule has 2 aromatic rings. The predicted molar refractivity (Wildman–Crippen MR) is 106 cm³/mol. The largest absolute Gasteiger partial charge is 0.482 e. The number of sulfone groups is 1. The lowest BCUT2D eigenvalue weighted by atomic mass is 10.2. The van der Waals surface area contributed by atoms with Crippen molar-refractivity contribution >= 4 is 27.3 Å². The Kier molecular flexibility index (Phi) is 5.25. The molecule has 2 amide bonds. The third-order valence-corrected chi connectivity index (χ3v) is 6.62. The van der Waals surface area contributed by atoms with Gasteiger partial charge in [-0.05, 0) is 36.2 Å². The molecule has 0 aliphatic carbocycles. The Balaban J connectivity index is 1.37. The maximum absolute atomic E-state index is 12.8. The molecule has 2 heterocycles. The van der Waals surface area contributed by atoms with E-state index in [1.54, 1.807) is 31.2 Å². The van der Waals surface area contributed by atoms with Gasteiger partial charge in [-0.25, -0.2) is 8.42 Å². The smallest absolute Gasteiger partial charge is 0.262 e. The molecule has 2 aliphatic heterocycles. The quantitative estimate of drug-likeness (QED) is 0.710. The average molecular weight is 432 g/mol. The van der Waals surface area contributed by atoms with E-state index in [4.69, 9.17) is 14.2 Å². The van der Waals surface area contributed by atoms with Crippen LogP contribution in [0, 0.1) is 6.92 Å². The summed E-state index contributed by atoms with van der Waals surface area (Å²) in [6.45, 7) is 1.88. The number of aryl methyl sites for hydroxylation is 1. The van der Waals surface area contributed by atoms with Crippen LogP contribution in [0.25, 0.3) is 0 Å². The molecule has 9 nitrogen and oxygen atoms in total. The van der Waals surface area contributed by atoms with Crippen molar-refractivity contribution in [2.24, 2.45) is 0 Å². The molecule has 0 saturated carbocycles. The topological polar surface area (TPSA) is 120 Å². The minimum atomic E-state index is -3.71. The normalized spacial score (nSPS) is 14.5. The molecule has 0 radical (unpaired) electrons. The van der Waals surface area contributed by atoms with E-state index < -0.39 is 9.84 Å². The van der Waals surface area contributed by atoms with Crippen LogP contribution in [0.15, 0.2) is 35.2 Å². The van der Waals surface area contributed by atoms with E-state index in [1.807, 2.05) is 0 Å². The lowest BCUT2D eigenvalue weighted by Crippen LogP contribution is -2.26. The highest BCUT2D eigenvalue weighted by molar-refractivity contribution is 7.91. The van der Waals surface area contributed by atoms with Crippen LogP contribution in [-0.2, 0) is 26.0 Å². The number of benzene rings is 2.